The number of hydrogen-bond donors (Lipinski definition) is 1. The second-order valence-corrected chi connectivity index (χ2v) is 4.93. The molecule has 0 unspecified atom stereocenters. The SMILES string of the molecule is CCN(CCNC1=NCCCCC1)C1CC1. The molecular formula is C13H25N3. The average Bonchev–Trinajstić information content (AvgIpc) is 3.11. The van der Waals surface area contributed by atoms with Gasteiger partial charge in [-0.15, -0.1) is 0 Å². The Kier molecular flexibility index (Phi) is 4.64. The van der Waals surface area contributed by atoms with E-state index in [2.05, 4.69) is 22.1 Å². The van der Waals surface area contributed by atoms with Gasteiger partial charge in [0.15, 0.2) is 0 Å². The molecule has 1 fully saturated rings. The van der Waals surface area contributed by atoms with Crippen molar-refractivity contribution in [3.8, 4) is 0 Å². The van der Waals surface area contributed by atoms with Crippen LogP contribution >= 0.6 is 0 Å². The number of nitrogens with zero attached hydrogens (tertiary/aromatic N) is 2. The number of nitrogens with one attached hydrogen (secondary N) is 1. The van der Waals surface area contributed by atoms with Gasteiger partial charge in [-0.05, 0) is 32.2 Å². The number of hydrogen-bond acceptors (Lipinski definition) is 3. The second-order valence-electron chi connectivity index (χ2n) is 4.93. The van der Waals surface area contributed by atoms with Crippen LogP contribution in [0.1, 0.15) is 45.4 Å². The molecular weight excluding hydrogens is 198 g/mol. The van der Waals surface area contributed by atoms with Crippen molar-refractivity contribution in [1.29, 1.82) is 0 Å². The fourth-order valence-corrected chi connectivity index (χ4v) is 2.40. The van der Waals surface area contributed by atoms with Crippen LogP contribution in [0.4, 0.5) is 0 Å². The minimum Gasteiger partial charge on any atom is -0.373 e. The van der Waals surface area contributed by atoms with Gasteiger partial charge in [0.25, 0.3) is 0 Å². The highest BCUT2D eigenvalue weighted by Gasteiger charge is 2.27. The van der Waals surface area contributed by atoms with Gasteiger partial charge < -0.3 is 5.32 Å². The lowest BCUT2D eigenvalue weighted by Gasteiger charge is -2.20. The minimum absolute atomic E-state index is 0.892. The molecule has 16 heavy (non-hydrogen) atoms. The van der Waals surface area contributed by atoms with Gasteiger partial charge in [-0.3, -0.25) is 9.89 Å². The van der Waals surface area contributed by atoms with E-state index in [4.69, 9.17) is 0 Å². The number of aliphatic imine (C=N–C) groups is 1. The smallest absolute Gasteiger partial charge is 0.0963 e. The van der Waals surface area contributed by atoms with E-state index in [-0.39, 0.29) is 0 Å². The Balaban J connectivity index is 1.64. The molecule has 0 bridgehead atoms. The molecule has 0 radical (unpaired) electrons. The largest absolute Gasteiger partial charge is 0.373 e. The van der Waals surface area contributed by atoms with Gasteiger partial charge >= 0.3 is 0 Å². The van der Waals surface area contributed by atoms with Crippen LogP contribution in [0.25, 0.3) is 0 Å². The summed E-state index contributed by atoms with van der Waals surface area (Å²) in [6, 6.07) is 0.892. The van der Waals surface area contributed by atoms with Crippen molar-refractivity contribution < 1.29 is 0 Å². The molecule has 3 nitrogen and oxygen atoms in total. The van der Waals surface area contributed by atoms with Gasteiger partial charge in [-0.25, -0.2) is 0 Å². The Labute approximate surface area is 99.3 Å². The summed E-state index contributed by atoms with van der Waals surface area (Å²) >= 11 is 0. The van der Waals surface area contributed by atoms with Crippen molar-refractivity contribution >= 4 is 5.84 Å². The first-order valence-electron chi connectivity index (χ1n) is 6.91. The van der Waals surface area contributed by atoms with Crippen molar-refractivity contribution in [3.63, 3.8) is 0 Å². The fourth-order valence-electron chi connectivity index (χ4n) is 2.40. The number of rotatable bonds is 5. The highest BCUT2D eigenvalue weighted by Crippen LogP contribution is 2.25. The molecule has 0 atom stereocenters. The summed E-state index contributed by atoms with van der Waals surface area (Å²) in [5.41, 5.74) is 0. The first-order chi connectivity index (χ1) is 7.90. The van der Waals surface area contributed by atoms with Crippen molar-refractivity contribution in [1.82, 2.24) is 10.2 Å². The zero-order chi connectivity index (χ0) is 11.2. The van der Waals surface area contributed by atoms with Gasteiger partial charge in [-0.1, -0.05) is 13.3 Å². The van der Waals surface area contributed by atoms with Crippen molar-refractivity contribution in [3.05, 3.63) is 0 Å². The van der Waals surface area contributed by atoms with Gasteiger partial charge in [0.1, 0.15) is 0 Å². The third-order valence-corrected chi connectivity index (χ3v) is 3.57. The van der Waals surface area contributed by atoms with Crippen LogP contribution in [0.3, 0.4) is 0 Å². The number of likely N-dealkylation sites (N-methyl/N-ethyl adjacent to an activating group) is 1. The average molecular weight is 223 g/mol. The maximum Gasteiger partial charge on any atom is 0.0963 e. The van der Waals surface area contributed by atoms with Crippen molar-refractivity contribution in [2.24, 2.45) is 4.99 Å². The molecule has 3 heteroatoms. The predicted molar refractivity (Wildman–Crippen MR) is 69.0 cm³/mol. The van der Waals surface area contributed by atoms with Gasteiger partial charge in [-0.2, -0.15) is 0 Å². The third kappa shape index (κ3) is 3.78. The molecule has 2 rings (SSSR count). The topological polar surface area (TPSA) is 27.6 Å². The Morgan fingerprint density at radius 2 is 2.19 bits per heavy atom. The van der Waals surface area contributed by atoms with Crippen LogP contribution in [0.5, 0.6) is 0 Å². The molecule has 0 saturated heterocycles. The Morgan fingerprint density at radius 3 is 2.94 bits per heavy atom. The van der Waals surface area contributed by atoms with Crippen LogP contribution in [0.2, 0.25) is 0 Å². The highest BCUT2D eigenvalue weighted by atomic mass is 15.2. The quantitative estimate of drug-likeness (QED) is 0.772. The summed E-state index contributed by atoms with van der Waals surface area (Å²) in [7, 11) is 0. The summed E-state index contributed by atoms with van der Waals surface area (Å²) in [4.78, 5) is 7.18. The van der Waals surface area contributed by atoms with E-state index in [9.17, 15) is 0 Å². The maximum atomic E-state index is 4.59. The first-order valence-corrected chi connectivity index (χ1v) is 6.91. The first kappa shape index (κ1) is 11.9. The lowest BCUT2D eigenvalue weighted by atomic mass is 10.2. The lowest BCUT2D eigenvalue weighted by molar-refractivity contribution is 0.282. The molecule has 1 saturated carbocycles. The van der Waals surface area contributed by atoms with Gasteiger partial charge in [0, 0.05) is 32.1 Å². The summed E-state index contributed by atoms with van der Waals surface area (Å²) < 4.78 is 0. The molecule has 1 heterocycles. The van der Waals surface area contributed by atoms with Crippen LogP contribution in [0, 0.1) is 0 Å². The molecule has 92 valence electrons. The summed E-state index contributed by atoms with van der Waals surface area (Å²) in [6.45, 7) is 6.74. The lowest BCUT2D eigenvalue weighted by Crippen LogP contribution is -2.36. The van der Waals surface area contributed by atoms with E-state index < -0.39 is 0 Å². The van der Waals surface area contributed by atoms with E-state index in [1.54, 1.807) is 0 Å². The molecule has 0 aromatic heterocycles. The third-order valence-electron chi connectivity index (χ3n) is 3.57. The van der Waals surface area contributed by atoms with E-state index in [0.717, 1.165) is 25.6 Å². The normalized spacial score (nSPS) is 21.8. The molecule has 0 aromatic carbocycles. The van der Waals surface area contributed by atoms with E-state index in [1.807, 2.05) is 0 Å². The highest BCUT2D eigenvalue weighted by molar-refractivity contribution is 5.82. The zero-order valence-corrected chi connectivity index (χ0v) is 10.5. The Bertz CT molecular complexity index is 233. The minimum atomic E-state index is 0.892. The summed E-state index contributed by atoms with van der Waals surface area (Å²) in [6.07, 6.45) is 7.91. The molecule has 0 spiro atoms. The summed E-state index contributed by atoms with van der Waals surface area (Å²) in [5.74, 6) is 1.25. The molecule has 1 aliphatic carbocycles. The standard InChI is InChI=1S/C13H25N3/c1-2-16(12-7-8-12)11-10-15-13-6-4-3-5-9-14-13/h12H,2-11H2,1H3,(H,14,15). The molecule has 1 aliphatic heterocycles. The Hall–Kier alpha value is -0.570. The van der Waals surface area contributed by atoms with Crippen molar-refractivity contribution in [2.75, 3.05) is 26.2 Å². The van der Waals surface area contributed by atoms with E-state index >= 15 is 0 Å². The molecule has 1 N–H and O–H groups in total. The zero-order valence-electron chi connectivity index (χ0n) is 10.5. The molecule has 0 amide bonds. The van der Waals surface area contributed by atoms with E-state index in [1.165, 1.54) is 51.0 Å². The van der Waals surface area contributed by atoms with Crippen LogP contribution < -0.4 is 5.32 Å². The monoisotopic (exact) mass is 223 g/mol. The van der Waals surface area contributed by atoms with E-state index in [0.29, 0.717) is 0 Å². The fraction of sp³-hybridized carbons (Fsp3) is 0.923. The molecule has 2 aliphatic rings. The maximum absolute atomic E-state index is 4.59. The van der Waals surface area contributed by atoms with Gasteiger partial charge in [0.05, 0.1) is 5.84 Å². The van der Waals surface area contributed by atoms with Crippen LogP contribution in [-0.2, 0) is 0 Å². The summed E-state index contributed by atoms with van der Waals surface area (Å²) in [5, 5.41) is 3.52. The Morgan fingerprint density at radius 1 is 1.31 bits per heavy atom. The van der Waals surface area contributed by atoms with Crippen LogP contribution in [0.15, 0.2) is 4.99 Å². The second kappa shape index (κ2) is 6.24. The van der Waals surface area contributed by atoms with Gasteiger partial charge in [0.2, 0.25) is 0 Å². The van der Waals surface area contributed by atoms with Crippen molar-refractivity contribution in [2.45, 2.75) is 51.5 Å². The molecule has 0 aromatic rings. The number of amidine groups is 1. The predicted octanol–water partition coefficient (Wildman–Crippen LogP) is 2.03. The van der Waals surface area contributed by atoms with Crippen LogP contribution in [-0.4, -0.2) is 43.0 Å².